The SMILES string of the molecule is c1cncc(-c2cc(-c3cccnc3)cc(-c3ccc4c(c3)-c3ccc(-c5ccc6c(c5)oc5ccccc56)cc3CSC4)c2)c1. The molecule has 0 saturated carbocycles. The average molecular weight is 609 g/mol. The van der Waals surface area contributed by atoms with E-state index in [1.54, 1.807) is 0 Å². The zero-order valence-electron chi connectivity index (χ0n) is 25.0. The number of rotatable bonds is 4. The molecule has 0 radical (unpaired) electrons. The van der Waals surface area contributed by atoms with Crippen LogP contribution in [0.5, 0.6) is 0 Å². The highest BCUT2D eigenvalue weighted by molar-refractivity contribution is 7.97. The van der Waals surface area contributed by atoms with E-state index in [2.05, 4.69) is 107 Å². The lowest BCUT2D eigenvalue weighted by atomic mass is 9.89. The van der Waals surface area contributed by atoms with Gasteiger partial charge in [-0.2, -0.15) is 11.8 Å². The van der Waals surface area contributed by atoms with Gasteiger partial charge in [-0.15, -0.1) is 0 Å². The number of nitrogens with zero attached hydrogens (tertiary/aromatic N) is 2. The Labute approximate surface area is 271 Å². The minimum Gasteiger partial charge on any atom is -0.456 e. The van der Waals surface area contributed by atoms with E-state index in [1.807, 2.05) is 60.8 Å². The number of aromatic nitrogens is 2. The van der Waals surface area contributed by atoms with Crippen molar-refractivity contribution in [3.05, 3.63) is 157 Å². The topological polar surface area (TPSA) is 38.9 Å². The molecule has 0 fully saturated rings. The molecule has 218 valence electrons. The van der Waals surface area contributed by atoms with Crippen molar-refractivity contribution in [2.45, 2.75) is 11.5 Å². The quantitative estimate of drug-likeness (QED) is 0.199. The fourth-order valence-corrected chi connectivity index (χ4v) is 7.69. The van der Waals surface area contributed by atoms with Crippen molar-refractivity contribution in [3.63, 3.8) is 0 Å². The molecule has 0 saturated heterocycles. The number of furan rings is 1. The van der Waals surface area contributed by atoms with Crippen molar-refractivity contribution in [2.75, 3.05) is 0 Å². The number of hydrogen-bond acceptors (Lipinski definition) is 4. The summed E-state index contributed by atoms with van der Waals surface area (Å²) in [7, 11) is 0. The van der Waals surface area contributed by atoms with Gasteiger partial charge in [0.1, 0.15) is 11.2 Å². The van der Waals surface area contributed by atoms with Gasteiger partial charge in [-0.05, 0) is 116 Å². The molecule has 0 bridgehead atoms. The molecule has 8 aromatic rings. The van der Waals surface area contributed by atoms with E-state index >= 15 is 0 Å². The van der Waals surface area contributed by atoms with Crippen LogP contribution in [0.25, 0.3) is 77.6 Å². The Kier molecular flexibility index (Phi) is 6.53. The van der Waals surface area contributed by atoms with Crippen molar-refractivity contribution in [1.29, 1.82) is 0 Å². The molecule has 4 heterocycles. The second-order valence-corrected chi connectivity index (χ2v) is 12.8. The van der Waals surface area contributed by atoms with Crippen LogP contribution >= 0.6 is 11.8 Å². The number of hydrogen-bond donors (Lipinski definition) is 0. The summed E-state index contributed by atoms with van der Waals surface area (Å²) >= 11 is 1.98. The maximum absolute atomic E-state index is 6.21. The van der Waals surface area contributed by atoms with Crippen LogP contribution < -0.4 is 0 Å². The van der Waals surface area contributed by atoms with Crippen LogP contribution in [0.3, 0.4) is 0 Å². The Morgan fingerprint density at radius 1 is 0.435 bits per heavy atom. The van der Waals surface area contributed by atoms with Gasteiger partial charge in [-0.3, -0.25) is 9.97 Å². The molecule has 5 aromatic carbocycles. The van der Waals surface area contributed by atoms with Gasteiger partial charge in [0.15, 0.2) is 0 Å². The fraction of sp³-hybridized carbons (Fsp3) is 0.0476. The average Bonchev–Trinajstić information content (AvgIpc) is 3.40. The summed E-state index contributed by atoms with van der Waals surface area (Å²) in [6.07, 6.45) is 7.50. The summed E-state index contributed by atoms with van der Waals surface area (Å²) in [4.78, 5) is 8.79. The monoisotopic (exact) mass is 608 g/mol. The molecule has 3 aromatic heterocycles. The third-order valence-corrected chi connectivity index (χ3v) is 10.0. The smallest absolute Gasteiger partial charge is 0.136 e. The molecule has 3 nitrogen and oxygen atoms in total. The lowest BCUT2D eigenvalue weighted by molar-refractivity contribution is 0.669. The molecular weight excluding hydrogens is 581 g/mol. The van der Waals surface area contributed by atoms with Gasteiger partial charge in [0, 0.05) is 58.2 Å². The maximum atomic E-state index is 6.21. The highest BCUT2D eigenvalue weighted by Gasteiger charge is 2.18. The summed E-state index contributed by atoms with van der Waals surface area (Å²) in [6.45, 7) is 0. The minimum absolute atomic E-state index is 0.928. The largest absolute Gasteiger partial charge is 0.456 e. The molecule has 1 aliphatic rings. The Morgan fingerprint density at radius 3 is 1.83 bits per heavy atom. The minimum atomic E-state index is 0.928. The first-order chi connectivity index (χ1) is 22.8. The second-order valence-electron chi connectivity index (χ2n) is 11.8. The third kappa shape index (κ3) is 4.79. The highest BCUT2D eigenvalue weighted by atomic mass is 32.2. The Balaban J connectivity index is 1.14. The van der Waals surface area contributed by atoms with E-state index in [0.717, 1.165) is 55.7 Å². The lowest BCUT2D eigenvalue weighted by Crippen LogP contribution is -1.92. The molecule has 46 heavy (non-hydrogen) atoms. The van der Waals surface area contributed by atoms with Gasteiger partial charge in [-0.1, -0.05) is 60.7 Å². The van der Waals surface area contributed by atoms with Crippen LogP contribution in [0.2, 0.25) is 0 Å². The third-order valence-electron chi connectivity index (χ3n) is 8.99. The molecule has 0 unspecified atom stereocenters. The number of para-hydroxylation sites is 1. The van der Waals surface area contributed by atoms with Crippen molar-refractivity contribution in [2.24, 2.45) is 0 Å². The van der Waals surface area contributed by atoms with Crippen LogP contribution in [0.1, 0.15) is 11.1 Å². The normalized spacial score (nSPS) is 12.5. The number of fused-ring (bicyclic) bond motifs is 6. The lowest BCUT2D eigenvalue weighted by Gasteiger charge is -2.15. The summed E-state index contributed by atoms with van der Waals surface area (Å²) in [6, 6.07) is 43.8. The molecule has 0 aliphatic carbocycles. The molecule has 0 atom stereocenters. The van der Waals surface area contributed by atoms with Gasteiger partial charge in [-0.25, -0.2) is 0 Å². The first-order valence-corrected chi connectivity index (χ1v) is 16.6. The molecule has 0 amide bonds. The zero-order chi connectivity index (χ0) is 30.5. The van der Waals surface area contributed by atoms with Crippen LogP contribution in [0.4, 0.5) is 0 Å². The highest BCUT2D eigenvalue weighted by Crippen LogP contribution is 2.42. The molecule has 0 spiro atoms. The van der Waals surface area contributed by atoms with Crippen LogP contribution in [-0.2, 0) is 11.5 Å². The molecule has 1 aliphatic heterocycles. The van der Waals surface area contributed by atoms with Crippen LogP contribution in [0, 0.1) is 0 Å². The van der Waals surface area contributed by atoms with Gasteiger partial charge in [0.05, 0.1) is 0 Å². The van der Waals surface area contributed by atoms with Gasteiger partial charge in [0.2, 0.25) is 0 Å². The van der Waals surface area contributed by atoms with Crippen molar-refractivity contribution >= 4 is 33.7 Å². The van der Waals surface area contributed by atoms with E-state index in [1.165, 1.54) is 44.5 Å². The van der Waals surface area contributed by atoms with Crippen molar-refractivity contribution in [1.82, 2.24) is 9.97 Å². The van der Waals surface area contributed by atoms with Gasteiger partial charge < -0.3 is 4.42 Å². The van der Waals surface area contributed by atoms with E-state index in [-0.39, 0.29) is 0 Å². The summed E-state index contributed by atoms with van der Waals surface area (Å²) in [5, 5.41) is 2.32. The number of benzene rings is 5. The summed E-state index contributed by atoms with van der Waals surface area (Å²) in [5.74, 6) is 1.96. The standard InChI is InChI=1S/C42H28N2OS/c1-2-8-41-38(7-1)39-14-12-29(22-42(39)45-41)27-11-13-37-36(17-27)26-46-25-32-10-9-28(21-40(32)37)33-18-34(30-5-3-15-43-23-30)20-35(19-33)31-6-4-16-44-24-31/h1-24H,25-26H2. The van der Waals surface area contributed by atoms with Gasteiger partial charge in [0.25, 0.3) is 0 Å². The maximum Gasteiger partial charge on any atom is 0.136 e. The molecule has 0 N–H and O–H groups in total. The fourth-order valence-electron chi connectivity index (χ4n) is 6.66. The first-order valence-electron chi connectivity index (χ1n) is 15.5. The van der Waals surface area contributed by atoms with E-state index in [0.29, 0.717) is 0 Å². The summed E-state index contributed by atoms with van der Waals surface area (Å²) < 4.78 is 6.21. The predicted molar refractivity (Wildman–Crippen MR) is 191 cm³/mol. The Bertz CT molecular complexity index is 2340. The van der Waals surface area contributed by atoms with E-state index in [4.69, 9.17) is 4.42 Å². The summed E-state index contributed by atoms with van der Waals surface area (Å²) in [5.41, 5.74) is 16.5. The number of thioether (sulfide) groups is 1. The Hall–Kier alpha value is -5.45. The van der Waals surface area contributed by atoms with Gasteiger partial charge >= 0.3 is 0 Å². The van der Waals surface area contributed by atoms with Crippen molar-refractivity contribution in [3.8, 4) is 55.6 Å². The zero-order valence-corrected chi connectivity index (χ0v) is 25.8. The van der Waals surface area contributed by atoms with Crippen LogP contribution in [-0.4, -0.2) is 9.97 Å². The van der Waals surface area contributed by atoms with Crippen LogP contribution in [0.15, 0.2) is 151 Å². The molecule has 4 heteroatoms. The predicted octanol–water partition coefficient (Wildman–Crippen LogP) is 11.5. The van der Waals surface area contributed by atoms with E-state index < -0.39 is 0 Å². The van der Waals surface area contributed by atoms with E-state index in [9.17, 15) is 0 Å². The first kappa shape index (κ1) is 26.9. The molecule has 9 rings (SSSR count). The molecular formula is C42H28N2OS. The number of pyridine rings is 2. The second kappa shape index (κ2) is 11.2. The van der Waals surface area contributed by atoms with Crippen molar-refractivity contribution < 1.29 is 4.42 Å². The Morgan fingerprint density at radius 2 is 1.07 bits per heavy atom.